The maximum absolute atomic E-state index is 12.5. The van der Waals surface area contributed by atoms with Crippen molar-refractivity contribution in [2.45, 2.75) is 19.4 Å². The Morgan fingerprint density at radius 2 is 2.17 bits per heavy atom. The number of hydrogen-bond acceptors (Lipinski definition) is 4. The second-order valence-electron chi connectivity index (χ2n) is 4.77. The summed E-state index contributed by atoms with van der Waals surface area (Å²) < 4.78 is 6.91. The van der Waals surface area contributed by atoms with Gasteiger partial charge in [0.15, 0.2) is 5.78 Å². The lowest BCUT2D eigenvalue weighted by molar-refractivity contribution is 0.101. The fourth-order valence-electron chi connectivity index (χ4n) is 2.32. The molecule has 0 spiro atoms. The van der Waals surface area contributed by atoms with E-state index in [2.05, 4.69) is 5.10 Å². The molecule has 1 aromatic rings. The number of ether oxygens (including phenoxy) is 1. The van der Waals surface area contributed by atoms with E-state index >= 15 is 0 Å². The maximum Gasteiger partial charge on any atom is 0.194 e. The van der Waals surface area contributed by atoms with Gasteiger partial charge in [0.2, 0.25) is 0 Å². The fraction of sp³-hybridized carbons (Fsp3) is 0.538. The number of nitrogens with zero attached hydrogens (tertiary/aromatic N) is 3. The predicted molar refractivity (Wildman–Crippen MR) is 68.3 cm³/mol. The van der Waals surface area contributed by atoms with Gasteiger partial charge in [0, 0.05) is 40.0 Å². The fourth-order valence-corrected chi connectivity index (χ4v) is 2.32. The minimum atomic E-state index is 0.0881. The summed E-state index contributed by atoms with van der Waals surface area (Å²) in [7, 11) is 7.34. The van der Waals surface area contributed by atoms with Crippen molar-refractivity contribution in [1.82, 2.24) is 14.7 Å². The molecule has 18 heavy (non-hydrogen) atoms. The highest BCUT2D eigenvalue weighted by molar-refractivity contribution is 6.11. The third kappa shape index (κ3) is 2.18. The summed E-state index contributed by atoms with van der Waals surface area (Å²) in [6.07, 6.45) is 3.47. The molecule has 2 rings (SSSR count). The molecule has 0 aliphatic heterocycles. The number of rotatable bonds is 3. The minimum Gasteiger partial charge on any atom is -0.383 e. The normalized spacial score (nSPS) is 17.1. The lowest BCUT2D eigenvalue weighted by Crippen LogP contribution is -2.17. The van der Waals surface area contributed by atoms with Crippen molar-refractivity contribution in [2.75, 3.05) is 21.2 Å². The van der Waals surface area contributed by atoms with Gasteiger partial charge in [0.1, 0.15) is 0 Å². The molecule has 0 aromatic carbocycles. The van der Waals surface area contributed by atoms with Crippen LogP contribution >= 0.6 is 0 Å². The zero-order valence-corrected chi connectivity index (χ0v) is 11.4. The van der Waals surface area contributed by atoms with Gasteiger partial charge in [-0.05, 0) is 12.8 Å². The standard InChI is InChI=1S/C13H19N3O2/c1-15(2)7-9-5-6-10-12(13(9)17)11(8-18-4)16(3)14-10/h7H,5-6,8H2,1-4H3. The maximum atomic E-state index is 12.5. The lowest BCUT2D eigenvalue weighted by Gasteiger charge is -2.16. The van der Waals surface area contributed by atoms with Crippen LogP contribution in [-0.2, 0) is 24.8 Å². The first-order chi connectivity index (χ1) is 8.54. The van der Waals surface area contributed by atoms with E-state index in [4.69, 9.17) is 4.74 Å². The van der Waals surface area contributed by atoms with Gasteiger partial charge < -0.3 is 9.64 Å². The summed E-state index contributed by atoms with van der Waals surface area (Å²) in [5, 5.41) is 4.41. The molecule has 0 bridgehead atoms. The van der Waals surface area contributed by atoms with Crippen molar-refractivity contribution < 1.29 is 9.53 Å². The molecule has 1 aromatic heterocycles. The number of Topliss-reactive ketones (excluding diaryl/α,β-unsaturated/α-hetero) is 1. The lowest BCUT2D eigenvalue weighted by atomic mass is 9.90. The van der Waals surface area contributed by atoms with E-state index in [1.165, 1.54) is 0 Å². The molecule has 0 N–H and O–H groups in total. The Morgan fingerprint density at radius 1 is 1.44 bits per heavy atom. The van der Waals surface area contributed by atoms with E-state index < -0.39 is 0 Å². The van der Waals surface area contributed by atoms with E-state index in [0.717, 1.165) is 35.4 Å². The Bertz CT molecular complexity index is 501. The number of methoxy groups -OCH3 is 1. The zero-order chi connectivity index (χ0) is 13.3. The van der Waals surface area contributed by atoms with E-state index in [1.54, 1.807) is 11.8 Å². The first-order valence-corrected chi connectivity index (χ1v) is 6.00. The van der Waals surface area contributed by atoms with Gasteiger partial charge in [-0.2, -0.15) is 5.10 Å². The third-order valence-corrected chi connectivity index (χ3v) is 3.08. The molecule has 0 fully saturated rings. The number of aromatic nitrogens is 2. The van der Waals surface area contributed by atoms with Crippen molar-refractivity contribution >= 4 is 5.78 Å². The largest absolute Gasteiger partial charge is 0.383 e. The van der Waals surface area contributed by atoms with Crippen LogP contribution in [0.15, 0.2) is 11.8 Å². The number of fused-ring (bicyclic) bond motifs is 1. The third-order valence-electron chi connectivity index (χ3n) is 3.08. The van der Waals surface area contributed by atoms with Crippen LogP contribution in [0, 0.1) is 0 Å². The van der Waals surface area contributed by atoms with Gasteiger partial charge in [-0.15, -0.1) is 0 Å². The van der Waals surface area contributed by atoms with Gasteiger partial charge in [-0.1, -0.05) is 0 Å². The van der Waals surface area contributed by atoms with E-state index in [0.29, 0.717) is 6.61 Å². The molecule has 0 unspecified atom stereocenters. The summed E-state index contributed by atoms with van der Waals surface area (Å²) in [6.45, 7) is 0.416. The van der Waals surface area contributed by atoms with Crippen LogP contribution in [0.1, 0.15) is 28.2 Å². The summed E-state index contributed by atoms with van der Waals surface area (Å²) in [5.41, 5.74) is 3.34. The van der Waals surface area contributed by atoms with Gasteiger partial charge in [0.25, 0.3) is 0 Å². The molecule has 5 heteroatoms. The Morgan fingerprint density at radius 3 is 2.78 bits per heavy atom. The van der Waals surface area contributed by atoms with E-state index in [-0.39, 0.29) is 5.78 Å². The average molecular weight is 249 g/mol. The molecule has 5 nitrogen and oxygen atoms in total. The first-order valence-electron chi connectivity index (χ1n) is 6.00. The number of allylic oxidation sites excluding steroid dienone is 1. The summed E-state index contributed by atoms with van der Waals surface area (Å²) >= 11 is 0. The minimum absolute atomic E-state index is 0.0881. The highest BCUT2D eigenvalue weighted by Crippen LogP contribution is 2.27. The molecular formula is C13H19N3O2. The van der Waals surface area contributed by atoms with Crippen molar-refractivity contribution in [1.29, 1.82) is 0 Å². The second kappa shape index (κ2) is 4.94. The van der Waals surface area contributed by atoms with Crippen LogP contribution in [0.4, 0.5) is 0 Å². The van der Waals surface area contributed by atoms with Gasteiger partial charge >= 0.3 is 0 Å². The summed E-state index contributed by atoms with van der Waals surface area (Å²) in [4.78, 5) is 14.4. The monoisotopic (exact) mass is 249 g/mol. The number of aryl methyl sites for hydroxylation is 2. The smallest absolute Gasteiger partial charge is 0.194 e. The molecule has 0 saturated carbocycles. The Hall–Kier alpha value is -1.62. The van der Waals surface area contributed by atoms with Crippen LogP contribution in [-0.4, -0.2) is 41.7 Å². The van der Waals surface area contributed by atoms with Gasteiger partial charge in [-0.25, -0.2) is 0 Å². The second-order valence-corrected chi connectivity index (χ2v) is 4.77. The number of ketones is 1. The van der Waals surface area contributed by atoms with Crippen LogP contribution in [0.5, 0.6) is 0 Å². The van der Waals surface area contributed by atoms with Crippen LogP contribution < -0.4 is 0 Å². The highest BCUT2D eigenvalue weighted by Gasteiger charge is 2.29. The average Bonchev–Trinajstić information content (AvgIpc) is 2.61. The number of hydrogen-bond donors (Lipinski definition) is 0. The van der Waals surface area contributed by atoms with E-state index in [9.17, 15) is 4.79 Å². The quantitative estimate of drug-likeness (QED) is 0.754. The van der Waals surface area contributed by atoms with Crippen molar-refractivity contribution in [3.8, 4) is 0 Å². The Labute approximate surface area is 107 Å². The topological polar surface area (TPSA) is 47.4 Å². The molecule has 0 saturated heterocycles. The van der Waals surface area contributed by atoms with Crippen LogP contribution in [0.2, 0.25) is 0 Å². The zero-order valence-electron chi connectivity index (χ0n) is 11.4. The molecule has 0 atom stereocenters. The molecular weight excluding hydrogens is 230 g/mol. The predicted octanol–water partition coefficient (Wildman–Crippen LogP) is 1.14. The van der Waals surface area contributed by atoms with Crippen LogP contribution in [0.3, 0.4) is 0 Å². The van der Waals surface area contributed by atoms with Crippen LogP contribution in [0.25, 0.3) is 0 Å². The highest BCUT2D eigenvalue weighted by atomic mass is 16.5. The SMILES string of the molecule is COCc1c2c(nn1C)CCC(=CN(C)C)C2=O. The van der Waals surface area contributed by atoms with Gasteiger partial charge in [-0.3, -0.25) is 9.48 Å². The van der Waals surface area contributed by atoms with E-state index in [1.807, 2.05) is 32.2 Å². The molecule has 0 radical (unpaired) electrons. The summed E-state index contributed by atoms with van der Waals surface area (Å²) in [5.74, 6) is 0.0881. The Kier molecular flexibility index (Phi) is 3.52. The number of carbonyl (C=O) groups is 1. The van der Waals surface area contributed by atoms with Crippen molar-refractivity contribution in [3.63, 3.8) is 0 Å². The first kappa shape index (κ1) is 12.8. The molecule has 1 aliphatic rings. The Balaban J connectivity index is 2.44. The van der Waals surface area contributed by atoms with Gasteiger partial charge in [0.05, 0.1) is 23.6 Å². The molecule has 0 amide bonds. The number of carbonyl (C=O) groups excluding carboxylic acids is 1. The molecule has 1 heterocycles. The van der Waals surface area contributed by atoms with Crippen molar-refractivity contribution in [3.05, 3.63) is 28.7 Å². The molecule has 98 valence electrons. The molecule has 1 aliphatic carbocycles. The summed E-state index contributed by atoms with van der Waals surface area (Å²) in [6, 6.07) is 0. The van der Waals surface area contributed by atoms with Crippen molar-refractivity contribution in [2.24, 2.45) is 7.05 Å².